The molecule has 0 spiro atoms. The van der Waals surface area contributed by atoms with E-state index in [9.17, 15) is 9.59 Å². The van der Waals surface area contributed by atoms with E-state index in [1.165, 1.54) is 11.9 Å². The van der Waals surface area contributed by atoms with Crippen LogP contribution in [0.3, 0.4) is 0 Å². The van der Waals surface area contributed by atoms with Crippen LogP contribution in [0.15, 0.2) is 0 Å². The lowest BCUT2D eigenvalue weighted by molar-refractivity contribution is -0.158. The third-order valence-electron chi connectivity index (χ3n) is 1.73. The molecule has 0 aromatic rings. The number of methoxy groups -OCH3 is 1. The Morgan fingerprint density at radius 3 is 2.54 bits per heavy atom. The minimum absolute atomic E-state index is 0.194. The average molecular weight is 184 g/mol. The van der Waals surface area contributed by atoms with Gasteiger partial charge in [0.1, 0.15) is 0 Å². The van der Waals surface area contributed by atoms with Crippen LogP contribution < -0.4 is 0 Å². The van der Waals surface area contributed by atoms with Crippen LogP contribution in [0, 0.1) is 11.3 Å². The number of ether oxygens (including phenoxy) is 1. The highest BCUT2D eigenvalue weighted by atomic mass is 16.5. The molecule has 0 saturated heterocycles. The van der Waals surface area contributed by atoms with Crippen molar-refractivity contribution in [3.63, 3.8) is 0 Å². The van der Waals surface area contributed by atoms with Crippen LogP contribution in [-0.2, 0) is 14.3 Å². The van der Waals surface area contributed by atoms with Crippen molar-refractivity contribution in [1.82, 2.24) is 4.90 Å². The van der Waals surface area contributed by atoms with Gasteiger partial charge in [-0.2, -0.15) is 5.26 Å². The summed E-state index contributed by atoms with van der Waals surface area (Å²) in [6.07, 6.45) is 0.194. The molecule has 72 valence electrons. The van der Waals surface area contributed by atoms with Crippen LogP contribution >= 0.6 is 0 Å². The lowest BCUT2D eigenvalue weighted by Gasteiger charge is -2.20. The average Bonchev–Trinajstić information content (AvgIpc) is 2.14. The fraction of sp³-hybridized carbons (Fsp3) is 0.625. The molecule has 0 aliphatic rings. The maximum Gasteiger partial charge on any atom is 0.396 e. The summed E-state index contributed by atoms with van der Waals surface area (Å²) < 4.78 is 4.25. The summed E-state index contributed by atoms with van der Waals surface area (Å²) in [4.78, 5) is 23.1. The summed E-state index contributed by atoms with van der Waals surface area (Å²) in [5.74, 6) is -1.64. The highest BCUT2D eigenvalue weighted by Gasteiger charge is 2.22. The molecule has 0 bridgehead atoms. The van der Waals surface area contributed by atoms with E-state index in [1.54, 1.807) is 6.92 Å². The van der Waals surface area contributed by atoms with Crippen molar-refractivity contribution < 1.29 is 14.3 Å². The normalized spacial score (nSPS) is 11.2. The third-order valence-corrected chi connectivity index (χ3v) is 1.73. The Kier molecular flexibility index (Phi) is 4.52. The van der Waals surface area contributed by atoms with Gasteiger partial charge in [0.25, 0.3) is 0 Å². The zero-order valence-corrected chi connectivity index (χ0v) is 7.90. The van der Waals surface area contributed by atoms with Crippen molar-refractivity contribution in [2.24, 2.45) is 0 Å². The van der Waals surface area contributed by atoms with E-state index in [4.69, 9.17) is 5.26 Å². The molecule has 1 unspecified atom stereocenters. The van der Waals surface area contributed by atoms with Crippen molar-refractivity contribution in [2.45, 2.75) is 19.4 Å². The van der Waals surface area contributed by atoms with Crippen LogP contribution in [0.4, 0.5) is 0 Å². The van der Waals surface area contributed by atoms with Gasteiger partial charge in [-0.15, -0.1) is 0 Å². The zero-order chi connectivity index (χ0) is 10.4. The summed E-state index contributed by atoms with van der Waals surface area (Å²) in [6.45, 7) is 1.68. The van der Waals surface area contributed by atoms with Gasteiger partial charge >= 0.3 is 11.9 Å². The van der Waals surface area contributed by atoms with Gasteiger partial charge in [-0.25, -0.2) is 4.79 Å². The van der Waals surface area contributed by atoms with E-state index >= 15 is 0 Å². The maximum atomic E-state index is 11.1. The quantitative estimate of drug-likeness (QED) is 0.444. The predicted octanol–water partition coefficient (Wildman–Crippen LogP) is -0.0800. The summed E-state index contributed by atoms with van der Waals surface area (Å²) in [5.41, 5.74) is 0. The molecule has 0 aromatic carbocycles. The van der Waals surface area contributed by atoms with Crippen molar-refractivity contribution in [3.8, 4) is 6.07 Å². The Hall–Kier alpha value is -1.57. The molecule has 5 heteroatoms. The van der Waals surface area contributed by atoms with Gasteiger partial charge < -0.3 is 9.64 Å². The first-order valence-corrected chi connectivity index (χ1v) is 3.76. The van der Waals surface area contributed by atoms with Gasteiger partial charge in [0.05, 0.1) is 19.6 Å². The SMILES string of the molecule is COC(=O)C(=O)N(C)C(C)CC#N. The van der Waals surface area contributed by atoms with Gasteiger partial charge in [0.2, 0.25) is 0 Å². The number of hydrogen-bond donors (Lipinski definition) is 0. The molecule has 0 heterocycles. The largest absolute Gasteiger partial charge is 0.462 e. The number of carbonyl (C=O) groups is 2. The molecule has 5 nitrogen and oxygen atoms in total. The molecule has 13 heavy (non-hydrogen) atoms. The molecule has 0 fully saturated rings. The van der Waals surface area contributed by atoms with Gasteiger partial charge in [-0.05, 0) is 6.92 Å². The summed E-state index contributed by atoms with van der Waals surface area (Å²) in [6, 6.07) is 1.63. The standard InChI is InChI=1S/C8H12N2O3/c1-6(4-5-9)10(2)7(11)8(12)13-3/h6H,4H2,1-3H3. The second kappa shape index (κ2) is 5.14. The zero-order valence-electron chi connectivity index (χ0n) is 7.90. The summed E-state index contributed by atoms with van der Waals surface area (Å²) in [7, 11) is 2.60. The second-order valence-corrected chi connectivity index (χ2v) is 2.62. The van der Waals surface area contributed by atoms with Crippen molar-refractivity contribution >= 4 is 11.9 Å². The lowest BCUT2D eigenvalue weighted by atomic mass is 10.2. The molecule has 1 amide bonds. The number of esters is 1. The minimum Gasteiger partial charge on any atom is -0.462 e. The molecule has 0 radical (unpaired) electrons. The molecule has 0 rings (SSSR count). The number of nitriles is 1. The van der Waals surface area contributed by atoms with E-state index in [0.29, 0.717) is 0 Å². The van der Waals surface area contributed by atoms with E-state index in [1.807, 2.05) is 6.07 Å². The molecule has 0 saturated carbocycles. The van der Waals surface area contributed by atoms with Crippen LogP contribution in [0.1, 0.15) is 13.3 Å². The van der Waals surface area contributed by atoms with Gasteiger partial charge in [0, 0.05) is 13.1 Å². The van der Waals surface area contributed by atoms with Crippen LogP contribution in [-0.4, -0.2) is 37.0 Å². The first-order chi connectivity index (χ1) is 6.04. The van der Waals surface area contributed by atoms with E-state index in [-0.39, 0.29) is 12.5 Å². The topological polar surface area (TPSA) is 70.4 Å². The van der Waals surface area contributed by atoms with Gasteiger partial charge in [-0.1, -0.05) is 0 Å². The van der Waals surface area contributed by atoms with Crippen molar-refractivity contribution in [1.29, 1.82) is 5.26 Å². The van der Waals surface area contributed by atoms with E-state index in [2.05, 4.69) is 4.74 Å². The fourth-order valence-electron chi connectivity index (χ4n) is 0.701. The Labute approximate surface area is 76.9 Å². The number of nitrogens with zero attached hydrogens (tertiary/aromatic N) is 2. The van der Waals surface area contributed by atoms with E-state index < -0.39 is 11.9 Å². The Morgan fingerprint density at radius 2 is 2.15 bits per heavy atom. The highest BCUT2D eigenvalue weighted by molar-refractivity contribution is 6.32. The molecule has 0 aliphatic heterocycles. The summed E-state index contributed by atoms with van der Waals surface area (Å²) in [5, 5.41) is 8.36. The number of carbonyl (C=O) groups excluding carboxylic acids is 2. The van der Waals surface area contributed by atoms with Crippen LogP contribution in [0.5, 0.6) is 0 Å². The van der Waals surface area contributed by atoms with E-state index in [0.717, 1.165) is 7.11 Å². The number of hydrogen-bond acceptors (Lipinski definition) is 4. The number of amides is 1. The van der Waals surface area contributed by atoms with Gasteiger partial charge in [-0.3, -0.25) is 4.79 Å². The Morgan fingerprint density at radius 1 is 1.62 bits per heavy atom. The highest BCUT2D eigenvalue weighted by Crippen LogP contribution is 2.00. The number of likely N-dealkylation sites (N-methyl/N-ethyl adjacent to an activating group) is 1. The Bertz CT molecular complexity index is 244. The maximum absolute atomic E-state index is 11.1. The number of rotatable bonds is 2. The fourth-order valence-corrected chi connectivity index (χ4v) is 0.701. The molecule has 0 aromatic heterocycles. The molecule has 0 N–H and O–H groups in total. The molecular weight excluding hydrogens is 172 g/mol. The first-order valence-electron chi connectivity index (χ1n) is 3.76. The lowest BCUT2D eigenvalue weighted by Crippen LogP contribution is -2.39. The molecule has 0 aliphatic carbocycles. The van der Waals surface area contributed by atoms with Crippen LogP contribution in [0.2, 0.25) is 0 Å². The van der Waals surface area contributed by atoms with Crippen molar-refractivity contribution in [3.05, 3.63) is 0 Å². The van der Waals surface area contributed by atoms with Crippen LogP contribution in [0.25, 0.3) is 0 Å². The van der Waals surface area contributed by atoms with Crippen molar-refractivity contribution in [2.75, 3.05) is 14.2 Å². The van der Waals surface area contributed by atoms with Gasteiger partial charge in [0.15, 0.2) is 0 Å². The molecular formula is C8H12N2O3. The predicted molar refractivity (Wildman–Crippen MR) is 44.5 cm³/mol. The third kappa shape index (κ3) is 3.11. The smallest absolute Gasteiger partial charge is 0.396 e. The molecule has 1 atom stereocenters. The Balaban J connectivity index is 4.26. The first kappa shape index (κ1) is 11.4. The summed E-state index contributed by atoms with van der Waals surface area (Å²) >= 11 is 0. The monoisotopic (exact) mass is 184 g/mol. The minimum atomic E-state index is -0.910. The second-order valence-electron chi connectivity index (χ2n) is 2.62.